The van der Waals surface area contributed by atoms with Crippen molar-refractivity contribution in [2.45, 2.75) is 13.0 Å². The number of hydrogen-bond donors (Lipinski definition) is 2. The molecule has 1 atom stereocenters. The van der Waals surface area contributed by atoms with E-state index in [2.05, 4.69) is 15.2 Å². The van der Waals surface area contributed by atoms with E-state index in [9.17, 15) is 9.59 Å². The minimum absolute atomic E-state index is 0.187. The summed E-state index contributed by atoms with van der Waals surface area (Å²) in [7, 11) is 1.71. The van der Waals surface area contributed by atoms with Crippen molar-refractivity contribution in [1.82, 2.24) is 9.78 Å². The van der Waals surface area contributed by atoms with Crippen LogP contribution >= 0.6 is 0 Å². The molecule has 0 radical (unpaired) electrons. The van der Waals surface area contributed by atoms with Gasteiger partial charge in [0.2, 0.25) is 0 Å². The van der Waals surface area contributed by atoms with Gasteiger partial charge >= 0.3 is 5.97 Å². The Morgan fingerprint density at radius 1 is 1.69 bits per heavy atom. The van der Waals surface area contributed by atoms with Gasteiger partial charge in [-0.3, -0.25) is 9.48 Å². The molecule has 0 aliphatic carbocycles. The molecule has 1 heterocycles. The molecule has 0 bridgehead atoms. The highest BCUT2D eigenvalue weighted by molar-refractivity contribution is 6.08. The second-order valence-electron chi connectivity index (χ2n) is 3.12. The predicted octanol–water partition coefficient (Wildman–Crippen LogP) is -0.751. The number of nitrogens with two attached hydrogens (primary N) is 1. The molecule has 0 saturated heterocycles. The molecule has 1 unspecified atom stereocenters. The van der Waals surface area contributed by atoms with E-state index >= 15 is 0 Å². The monoisotopic (exact) mass is 226 g/mol. The van der Waals surface area contributed by atoms with Crippen molar-refractivity contribution in [1.29, 1.82) is 0 Å². The number of hydrogen-bond acceptors (Lipinski definition) is 5. The average molecular weight is 226 g/mol. The van der Waals surface area contributed by atoms with Crippen LogP contribution in [0.25, 0.3) is 0 Å². The van der Waals surface area contributed by atoms with Crippen molar-refractivity contribution in [3.8, 4) is 0 Å². The van der Waals surface area contributed by atoms with E-state index in [0.29, 0.717) is 5.69 Å². The lowest BCUT2D eigenvalue weighted by atomic mass is 10.3. The molecule has 0 aliphatic heterocycles. The topological polar surface area (TPSA) is 99.2 Å². The Labute approximate surface area is 92.6 Å². The Bertz CT molecular complexity index is 388. The molecule has 7 heteroatoms. The predicted molar refractivity (Wildman–Crippen MR) is 56.4 cm³/mol. The lowest BCUT2D eigenvalue weighted by molar-refractivity contribution is -0.146. The lowest BCUT2D eigenvalue weighted by Gasteiger charge is -2.09. The molecule has 0 aliphatic rings. The normalized spacial score (nSPS) is 11.9. The Morgan fingerprint density at radius 3 is 2.88 bits per heavy atom. The number of carbonyl (C=O) groups excluding carboxylic acids is 2. The van der Waals surface area contributed by atoms with Crippen LogP contribution in [0.1, 0.15) is 6.92 Å². The molecule has 7 nitrogen and oxygen atoms in total. The third-order valence-electron chi connectivity index (χ3n) is 1.80. The van der Waals surface area contributed by atoms with Crippen LogP contribution in [0.2, 0.25) is 0 Å². The SMILES string of the molecule is CCOC(=O)C(N)C(=O)Nc1cnn(C)c1. The molecule has 0 aromatic carbocycles. The third-order valence-corrected chi connectivity index (χ3v) is 1.80. The first-order valence-corrected chi connectivity index (χ1v) is 4.76. The molecule has 1 rings (SSSR count). The lowest BCUT2D eigenvalue weighted by Crippen LogP contribution is -2.43. The summed E-state index contributed by atoms with van der Waals surface area (Å²) in [6, 6.07) is -1.32. The second kappa shape index (κ2) is 5.26. The summed E-state index contributed by atoms with van der Waals surface area (Å²) in [5, 5.41) is 6.31. The van der Waals surface area contributed by atoms with Gasteiger partial charge in [-0.1, -0.05) is 0 Å². The van der Waals surface area contributed by atoms with Crippen molar-refractivity contribution >= 4 is 17.6 Å². The standard InChI is InChI=1S/C9H14N4O3/c1-3-16-9(15)7(10)8(14)12-6-4-11-13(2)5-6/h4-5,7H,3,10H2,1-2H3,(H,12,14). The molecule has 88 valence electrons. The van der Waals surface area contributed by atoms with Gasteiger partial charge in [0.1, 0.15) is 0 Å². The number of rotatable bonds is 4. The summed E-state index contributed by atoms with van der Waals surface area (Å²) in [5.74, 6) is -1.37. The number of aromatic nitrogens is 2. The van der Waals surface area contributed by atoms with Crippen molar-refractivity contribution < 1.29 is 14.3 Å². The number of nitrogens with one attached hydrogen (secondary N) is 1. The van der Waals surface area contributed by atoms with E-state index in [0.717, 1.165) is 0 Å². The van der Waals surface area contributed by atoms with Crippen LogP contribution in [0.3, 0.4) is 0 Å². The number of anilines is 1. The van der Waals surface area contributed by atoms with Crippen LogP contribution in [0.5, 0.6) is 0 Å². The van der Waals surface area contributed by atoms with E-state index < -0.39 is 17.9 Å². The van der Waals surface area contributed by atoms with Crippen LogP contribution in [0.4, 0.5) is 5.69 Å². The Kier molecular flexibility index (Phi) is 4.01. The van der Waals surface area contributed by atoms with Gasteiger partial charge < -0.3 is 15.8 Å². The van der Waals surface area contributed by atoms with Crippen LogP contribution in [0, 0.1) is 0 Å². The van der Waals surface area contributed by atoms with Crippen LogP contribution in [-0.4, -0.2) is 34.3 Å². The van der Waals surface area contributed by atoms with Crippen LogP contribution in [-0.2, 0) is 21.4 Å². The average Bonchev–Trinajstić information content (AvgIpc) is 2.63. The molecule has 1 aromatic rings. The number of carbonyl (C=O) groups is 2. The van der Waals surface area contributed by atoms with Crippen LogP contribution in [0.15, 0.2) is 12.4 Å². The Balaban J connectivity index is 2.55. The fourth-order valence-corrected chi connectivity index (χ4v) is 1.04. The fraction of sp³-hybridized carbons (Fsp3) is 0.444. The highest BCUT2D eigenvalue weighted by Gasteiger charge is 2.23. The van der Waals surface area contributed by atoms with Crippen molar-refractivity contribution in [3.63, 3.8) is 0 Å². The zero-order valence-electron chi connectivity index (χ0n) is 9.14. The molecule has 1 amide bonds. The molecule has 0 saturated carbocycles. The van der Waals surface area contributed by atoms with Gasteiger partial charge in [0, 0.05) is 13.2 Å². The number of amides is 1. The zero-order valence-corrected chi connectivity index (χ0v) is 9.14. The second-order valence-corrected chi connectivity index (χ2v) is 3.12. The highest BCUT2D eigenvalue weighted by Crippen LogP contribution is 2.03. The Hall–Kier alpha value is -1.89. The van der Waals surface area contributed by atoms with E-state index in [4.69, 9.17) is 5.73 Å². The summed E-state index contributed by atoms with van der Waals surface area (Å²) in [5.41, 5.74) is 5.87. The summed E-state index contributed by atoms with van der Waals surface area (Å²) in [6.07, 6.45) is 3.05. The molecule has 1 aromatic heterocycles. The smallest absolute Gasteiger partial charge is 0.332 e. The molecule has 3 N–H and O–H groups in total. The fourth-order valence-electron chi connectivity index (χ4n) is 1.04. The maximum atomic E-state index is 11.5. The molecule has 0 fully saturated rings. The minimum Gasteiger partial charge on any atom is -0.464 e. The van der Waals surface area contributed by atoms with E-state index in [1.807, 2.05) is 0 Å². The van der Waals surface area contributed by atoms with Crippen molar-refractivity contribution in [2.24, 2.45) is 12.8 Å². The zero-order chi connectivity index (χ0) is 12.1. The van der Waals surface area contributed by atoms with Crippen molar-refractivity contribution in [3.05, 3.63) is 12.4 Å². The van der Waals surface area contributed by atoms with Gasteiger partial charge in [0.25, 0.3) is 5.91 Å². The molecular weight excluding hydrogens is 212 g/mol. The molecule has 16 heavy (non-hydrogen) atoms. The van der Waals surface area contributed by atoms with Gasteiger partial charge in [0.05, 0.1) is 18.5 Å². The maximum absolute atomic E-state index is 11.5. The maximum Gasteiger partial charge on any atom is 0.332 e. The van der Waals surface area contributed by atoms with E-state index in [-0.39, 0.29) is 6.61 Å². The first-order valence-electron chi connectivity index (χ1n) is 4.76. The highest BCUT2D eigenvalue weighted by atomic mass is 16.5. The van der Waals surface area contributed by atoms with Crippen LogP contribution < -0.4 is 11.1 Å². The first-order chi connectivity index (χ1) is 7.54. The van der Waals surface area contributed by atoms with Gasteiger partial charge in [-0.2, -0.15) is 5.10 Å². The number of ether oxygens (including phenoxy) is 1. The van der Waals surface area contributed by atoms with Crippen molar-refractivity contribution in [2.75, 3.05) is 11.9 Å². The summed E-state index contributed by atoms with van der Waals surface area (Å²) < 4.78 is 6.14. The van der Waals surface area contributed by atoms with E-state index in [1.54, 1.807) is 20.2 Å². The molecular formula is C9H14N4O3. The number of esters is 1. The third kappa shape index (κ3) is 3.06. The van der Waals surface area contributed by atoms with Gasteiger partial charge in [-0.05, 0) is 6.92 Å². The summed E-state index contributed by atoms with van der Waals surface area (Å²) >= 11 is 0. The number of nitrogens with zero attached hydrogens (tertiary/aromatic N) is 2. The number of aryl methyl sites for hydroxylation is 1. The minimum atomic E-state index is -1.32. The van der Waals surface area contributed by atoms with Gasteiger partial charge in [-0.25, -0.2) is 4.79 Å². The first kappa shape index (κ1) is 12.2. The summed E-state index contributed by atoms with van der Waals surface area (Å²) in [4.78, 5) is 22.6. The van der Waals surface area contributed by atoms with E-state index in [1.165, 1.54) is 10.9 Å². The summed E-state index contributed by atoms with van der Waals surface area (Å²) in [6.45, 7) is 1.83. The van der Waals surface area contributed by atoms with Gasteiger partial charge in [-0.15, -0.1) is 0 Å². The van der Waals surface area contributed by atoms with Gasteiger partial charge in [0.15, 0.2) is 6.04 Å². The largest absolute Gasteiger partial charge is 0.464 e. The molecule has 0 spiro atoms. The Morgan fingerprint density at radius 2 is 2.38 bits per heavy atom. The quantitative estimate of drug-likeness (QED) is 0.519.